The highest BCUT2D eigenvalue weighted by Crippen LogP contribution is 2.22. The highest BCUT2D eigenvalue weighted by atomic mass is 35.5. The van der Waals surface area contributed by atoms with Crippen LogP contribution in [0.5, 0.6) is 0 Å². The summed E-state index contributed by atoms with van der Waals surface area (Å²) in [7, 11) is 0. The van der Waals surface area contributed by atoms with E-state index in [1.165, 1.54) is 12.3 Å². The number of hydrogen-bond donors (Lipinski definition) is 3. The maximum atomic E-state index is 10.4. The van der Waals surface area contributed by atoms with Gasteiger partial charge in [-0.05, 0) is 6.07 Å². The Hall–Kier alpha value is -2.00. The first kappa shape index (κ1) is 12.1. The van der Waals surface area contributed by atoms with E-state index in [-0.39, 0.29) is 5.02 Å². The number of carbonyl (C=O) groups is 1. The third-order valence-corrected chi connectivity index (χ3v) is 2.11. The molecule has 1 aromatic heterocycles. The summed E-state index contributed by atoms with van der Waals surface area (Å²) in [5.74, 6) is 0.409. The molecule has 0 aromatic carbocycles. The number of amides is 2. The average Bonchev–Trinajstić information content (AvgIpc) is 2.26. The second kappa shape index (κ2) is 5.78. The van der Waals surface area contributed by atoms with Gasteiger partial charge in [0.2, 0.25) is 0 Å². The second-order valence-electron chi connectivity index (χ2n) is 2.85. The van der Waals surface area contributed by atoms with Crippen molar-refractivity contribution in [3.05, 3.63) is 22.8 Å². The van der Waals surface area contributed by atoms with Gasteiger partial charge in [-0.15, -0.1) is 0 Å². The maximum absolute atomic E-state index is 10.4. The molecule has 2 amide bonds. The van der Waals surface area contributed by atoms with Crippen LogP contribution < -0.4 is 16.4 Å². The number of anilines is 1. The number of nitriles is 1. The summed E-state index contributed by atoms with van der Waals surface area (Å²) in [6, 6.07) is 2.87. The number of aromatic nitrogens is 1. The van der Waals surface area contributed by atoms with E-state index in [1.54, 1.807) is 0 Å². The SMILES string of the molecule is N#Cc1ccnc(NCCNC(N)=O)c1Cl. The van der Waals surface area contributed by atoms with E-state index in [0.29, 0.717) is 24.5 Å². The first-order valence-corrected chi connectivity index (χ1v) is 4.84. The number of nitrogens with zero attached hydrogens (tertiary/aromatic N) is 2. The Morgan fingerprint density at radius 3 is 3.00 bits per heavy atom. The lowest BCUT2D eigenvalue weighted by Crippen LogP contribution is -2.33. The number of nitrogens with two attached hydrogens (primary N) is 1. The van der Waals surface area contributed by atoms with Gasteiger partial charge in [-0.2, -0.15) is 5.26 Å². The monoisotopic (exact) mass is 239 g/mol. The van der Waals surface area contributed by atoms with Gasteiger partial charge in [0.05, 0.1) is 5.56 Å². The molecule has 0 aliphatic rings. The van der Waals surface area contributed by atoms with Crippen molar-refractivity contribution < 1.29 is 4.79 Å². The first-order valence-electron chi connectivity index (χ1n) is 4.47. The van der Waals surface area contributed by atoms with Crippen LogP contribution >= 0.6 is 11.6 Å². The van der Waals surface area contributed by atoms with E-state index in [2.05, 4.69) is 15.6 Å². The number of halogens is 1. The highest BCUT2D eigenvalue weighted by Gasteiger charge is 2.05. The molecular weight excluding hydrogens is 230 g/mol. The van der Waals surface area contributed by atoms with E-state index in [4.69, 9.17) is 22.6 Å². The van der Waals surface area contributed by atoms with Crippen LogP contribution in [0.3, 0.4) is 0 Å². The molecule has 1 heterocycles. The summed E-state index contributed by atoms with van der Waals surface area (Å²) < 4.78 is 0. The largest absolute Gasteiger partial charge is 0.367 e. The van der Waals surface area contributed by atoms with Gasteiger partial charge in [0.25, 0.3) is 0 Å². The minimum Gasteiger partial charge on any atom is -0.367 e. The van der Waals surface area contributed by atoms with Crippen molar-refractivity contribution in [1.29, 1.82) is 5.26 Å². The third-order valence-electron chi connectivity index (χ3n) is 1.73. The number of hydrogen-bond acceptors (Lipinski definition) is 4. The summed E-state index contributed by atoms with van der Waals surface area (Å²) in [4.78, 5) is 14.3. The number of pyridine rings is 1. The Balaban J connectivity index is 2.55. The van der Waals surface area contributed by atoms with Gasteiger partial charge in [-0.1, -0.05) is 11.6 Å². The predicted molar refractivity (Wildman–Crippen MR) is 60.0 cm³/mol. The zero-order chi connectivity index (χ0) is 12.0. The predicted octanol–water partition coefficient (Wildman–Crippen LogP) is 0.687. The molecule has 0 spiro atoms. The summed E-state index contributed by atoms with van der Waals surface area (Å²) >= 11 is 5.89. The molecule has 84 valence electrons. The summed E-state index contributed by atoms with van der Waals surface area (Å²) in [6.45, 7) is 0.772. The number of primary amides is 1. The summed E-state index contributed by atoms with van der Waals surface area (Å²) in [6.07, 6.45) is 1.48. The van der Waals surface area contributed by atoms with Crippen molar-refractivity contribution >= 4 is 23.4 Å². The topological polar surface area (TPSA) is 104 Å². The molecule has 16 heavy (non-hydrogen) atoms. The van der Waals surface area contributed by atoms with Crippen molar-refractivity contribution in [1.82, 2.24) is 10.3 Å². The lowest BCUT2D eigenvalue weighted by atomic mass is 10.3. The minimum absolute atomic E-state index is 0.268. The summed E-state index contributed by atoms with van der Waals surface area (Å²) in [5.41, 5.74) is 5.23. The van der Waals surface area contributed by atoms with Gasteiger partial charge in [0, 0.05) is 19.3 Å². The molecule has 1 rings (SSSR count). The van der Waals surface area contributed by atoms with E-state index in [9.17, 15) is 4.79 Å². The fraction of sp³-hybridized carbons (Fsp3) is 0.222. The highest BCUT2D eigenvalue weighted by molar-refractivity contribution is 6.34. The molecule has 0 aliphatic heterocycles. The Bertz CT molecular complexity index is 428. The molecule has 0 aliphatic carbocycles. The zero-order valence-electron chi connectivity index (χ0n) is 8.33. The fourth-order valence-corrected chi connectivity index (χ4v) is 1.24. The van der Waals surface area contributed by atoms with Gasteiger partial charge in [-0.3, -0.25) is 0 Å². The van der Waals surface area contributed by atoms with Crippen molar-refractivity contribution in [3.8, 4) is 6.07 Å². The molecular formula is C9H10ClN5O. The number of nitrogens with one attached hydrogen (secondary N) is 2. The van der Waals surface area contributed by atoms with Crippen molar-refractivity contribution in [2.45, 2.75) is 0 Å². The van der Waals surface area contributed by atoms with Crippen LogP contribution in [0.15, 0.2) is 12.3 Å². The maximum Gasteiger partial charge on any atom is 0.312 e. The Labute approximate surface area is 97.4 Å². The molecule has 4 N–H and O–H groups in total. The molecule has 0 fully saturated rings. The second-order valence-corrected chi connectivity index (χ2v) is 3.23. The van der Waals surface area contributed by atoms with Crippen LogP contribution in [0, 0.1) is 11.3 Å². The molecule has 7 heteroatoms. The molecule has 0 unspecified atom stereocenters. The van der Waals surface area contributed by atoms with Crippen LogP contribution in [0.25, 0.3) is 0 Å². The molecule has 0 saturated carbocycles. The van der Waals surface area contributed by atoms with E-state index < -0.39 is 6.03 Å². The van der Waals surface area contributed by atoms with Gasteiger partial charge in [0.15, 0.2) is 0 Å². The molecule has 1 aromatic rings. The molecule has 0 bridgehead atoms. The van der Waals surface area contributed by atoms with Crippen LogP contribution in [0.4, 0.5) is 10.6 Å². The fourth-order valence-electron chi connectivity index (χ4n) is 1.02. The average molecular weight is 240 g/mol. The van der Waals surface area contributed by atoms with Gasteiger partial charge < -0.3 is 16.4 Å². The lowest BCUT2D eigenvalue weighted by Gasteiger charge is -2.07. The first-order chi connectivity index (χ1) is 7.65. The van der Waals surface area contributed by atoms with Crippen molar-refractivity contribution in [2.24, 2.45) is 5.73 Å². The van der Waals surface area contributed by atoms with Crippen LogP contribution in [0.1, 0.15) is 5.56 Å². The third kappa shape index (κ3) is 3.29. The van der Waals surface area contributed by atoms with Crippen molar-refractivity contribution in [3.63, 3.8) is 0 Å². The Morgan fingerprint density at radius 1 is 1.62 bits per heavy atom. The minimum atomic E-state index is -0.591. The number of urea groups is 1. The number of rotatable bonds is 4. The van der Waals surface area contributed by atoms with E-state index >= 15 is 0 Å². The summed E-state index contributed by atoms with van der Waals surface area (Å²) in [5, 5.41) is 14.3. The normalized spacial score (nSPS) is 9.25. The van der Waals surface area contributed by atoms with Gasteiger partial charge in [-0.25, -0.2) is 9.78 Å². The quantitative estimate of drug-likeness (QED) is 0.673. The van der Waals surface area contributed by atoms with Gasteiger partial charge in [0.1, 0.15) is 16.9 Å². The number of carbonyl (C=O) groups excluding carboxylic acids is 1. The standard InChI is InChI=1S/C9H10ClN5O/c10-7-6(5-11)1-2-13-8(7)14-3-4-15-9(12)16/h1-2H,3-4H2,(H,13,14)(H3,12,15,16). The molecule has 6 nitrogen and oxygen atoms in total. The molecule has 0 atom stereocenters. The van der Waals surface area contributed by atoms with Crippen LogP contribution in [-0.4, -0.2) is 24.1 Å². The lowest BCUT2D eigenvalue weighted by molar-refractivity contribution is 0.249. The van der Waals surface area contributed by atoms with Crippen molar-refractivity contribution in [2.75, 3.05) is 18.4 Å². The van der Waals surface area contributed by atoms with Gasteiger partial charge >= 0.3 is 6.03 Å². The Kier molecular flexibility index (Phi) is 4.36. The van der Waals surface area contributed by atoms with Crippen LogP contribution in [0.2, 0.25) is 5.02 Å². The van der Waals surface area contributed by atoms with E-state index in [0.717, 1.165) is 0 Å². The molecule has 0 radical (unpaired) electrons. The van der Waals surface area contributed by atoms with E-state index in [1.807, 2.05) is 6.07 Å². The smallest absolute Gasteiger partial charge is 0.312 e. The molecule has 0 saturated heterocycles. The van der Waals surface area contributed by atoms with Crippen LogP contribution in [-0.2, 0) is 0 Å². The zero-order valence-corrected chi connectivity index (χ0v) is 9.08. The Morgan fingerprint density at radius 2 is 2.38 bits per heavy atom.